The van der Waals surface area contributed by atoms with Crippen LogP contribution in [0.1, 0.15) is 11.6 Å². The van der Waals surface area contributed by atoms with Gasteiger partial charge in [-0.1, -0.05) is 11.6 Å². The summed E-state index contributed by atoms with van der Waals surface area (Å²) >= 11 is 5.61. The third-order valence-electron chi connectivity index (χ3n) is 1.55. The molecule has 0 radical (unpaired) electrons. The van der Waals surface area contributed by atoms with E-state index in [9.17, 15) is 4.39 Å². The molecule has 0 aliphatic carbocycles. The highest BCUT2D eigenvalue weighted by atomic mass is 35.5. The fraction of sp³-hybridized carbons (Fsp3) is 0.250. The third kappa shape index (κ3) is 1.94. The number of benzene rings is 1. The summed E-state index contributed by atoms with van der Waals surface area (Å²) in [6.07, 6.45) is 0. The summed E-state index contributed by atoms with van der Waals surface area (Å²) in [5.41, 5.74) is 5.66. The van der Waals surface area contributed by atoms with Gasteiger partial charge in [-0.3, -0.25) is 0 Å². The topological polar surface area (TPSA) is 46.2 Å². The van der Waals surface area contributed by atoms with Gasteiger partial charge >= 0.3 is 0 Å². The van der Waals surface area contributed by atoms with Crippen molar-refractivity contribution in [2.45, 2.75) is 6.04 Å². The van der Waals surface area contributed by atoms with Gasteiger partial charge in [0.05, 0.1) is 12.6 Å². The molecule has 1 aromatic carbocycles. The van der Waals surface area contributed by atoms with E-state index in [1.165, 1.54) is 18.2 Å². The molecule has 1 rings (SSSR count). The Morgan fingerprint density at radius 3 is 2.83 bits per heavy atom. The Hall–Kier alpha value is -0.640. The van der Waals surface area contributed by atoms with E-state index in [2.05, 4.69) is 0 Å². The quantitative estimate of drug-likeness (QED) is 0.740. The fourth-order valence-corrected chi connectivity index (χ4v) is 1.08. The van der Waals surface area contributed by atoms with Gasteiger partial charge in [-0.25, -0.2) is 4.39 Å². The predicted molar refractivity (Wildman–Crippen MR) is 45.4 cm³/mol. The molecular weight excluding hydrogens is 181 g/mol. The summed E-state index contributed by atoms with van der Waals surface area (Å²) < 4.78 is 13.0. The van der Waals surface area contributed by atoms with Crippen LogP contribution >= 0.6 is 11.6 Å². The zero-order valence-electron chi connectivity index (χ0n) is 6.30. The van der Waals surface area contributed by atoms with Gasteiger partial charge in [0.1, 0.15) is 5.82 Å². The molecule has 0 saturated heterocycles. The summed E-state index contributed by atoms with van der Waals surface area (Å²) in [4.78, 5) is 0. The second-order valence-corrected chi connectivity index (χ2v) is 2.89. The third-order valence-corrected chi connectivity index (χ3v) is 1.79. The zero-order valence-corrected chi connectivity index (χ0v) is 7.05. The second-order valence-electron chi connectivity index (χ2n) is 2.45. The van der Waals surface area contributed by atoms with Crippen molar-refractivity contribution >= 4 is 11.6 Å². The molecule has 0 spiro atoms. The summed E-state index contributed by atoms with van der Waals surface area (Å²) in [7, 11) is 0. The summed E-state index contributed by atoms with van der Waals surface area (Å²) in [6, 6.07) is 3.37. The molecule has 1 atom stereocenters. The molecule has 12 heavy (non-hydrogen) atoms. The van der Waals surface area contributed by atoms with E-state index in [4.69, 9.17) is 22.4 Å². The van der Waals surface area contributed by atoms with E-state index in [0.717, 1.165) is 0 Å². The van der Waals surface area contributed by atoms with Crippen LogP contribution in [0, 0.1) is 5.82 Å². The first-order chi connectivity index (χ1) is 5.65. The fourth-order valence-electron chi connectivity index (χ4n) is 0.897. The van der Waals surface area contributed by atoms with Crippen LogP contribution in [0.4, 0.5) is 4.39 Å². The average molecular weight is 190 g/mol. The first-order valence-electron chi connectivity index (χ1n) is 3.46. The van der Waals surface area contributed by atoms with E-state index in [0.29, 0.717) is 5.02 Å². The van der Waals surface area contributed by atoms with Crippen molar-refractivity contribution in [3.8, 4) is 0 Å². The molecule has 4 heteroatoms. The molecule has 0 unspecified atom stereocenters. The van der Waals surface area contributed by atoms with Gasteiger partial charge in [0.25, 0.3) is 0 Å². The summed E-state index contributed by atoms with van der Waals surface area (Å²) in [5.74, 6) is -0.444. The molecular formula is C8H9ClFNO. The van der Waals surface area contributed by atoms with Crippen LogP contribution < -0.4 is 5.73 Å². The maximum atomic E-state index is 13.0. The zero-order chi connectivity index (χ0) is 9.14. The highest BCUT2D eigenvalue weighted by molar-refractivity contribution is 6.30. The molecule has 0 bridgehead atoms. The van der Waals surface area contributed by atoms with E-state index in [-0.39, 0.29) is 12.2 Å². The lowest BCUT2D eigenvalue weighted by Crippen LogP contribution is -2.15. The predicted octanol–water partition coefficient (Wildman–Crippen LogP) is 1.47. The Bertz CT molecular complexity index is 280. The number of hydrogen-bond donors (Lipinski definition) is 2. The Morgan fingerprint density at radius 2 is 2.25 bits per heavy atom. The highest BCUT2D eigenvalue weighted by Gasteiger charge is 2.10. The lowest BCUT2D eigenvalue weighted by Gasteiger charge is -2.09. The standard InChI is InChI=1S/C8H9ClFNO/c9-5-1-2-7(10)6(3-5)8(11)4-12/h1-3,8,12H,4,11H2/t8-/m1/s1. The average Bonchev–Trinajstić information content (AvgIpc) is 2.08. The van der Waals surface area contributed by atoms with Crippen molar-refractivity contribution in [3.63, 3.8) is 0 Å². The van der Waals surface area contributed by atoms with Crippen LogP contribution in [0.2, 0.25) is 5.02 Å². The van der Waals surface area contributed by atoms with Crippen LogP contribution in [0.3, 0.4) is 0 Å². The molecule has 0 amide bonds. The summed E-state index contributed by atoms with van der Waals surface area (Å²) in [6.45, 7) is -0.294. The van der Waals surface area contributed by atoms with E-state index in [1.54, 1.807) is 0 Å². The molecule has 2 nitrogen and oxygen atoms in total. The lowest BCUT2D eigenvalue weighted by molar-refractivity contribution is 0.265. The van der Waals surface area contributed by atoms with Crippen molar-refractivity contribution in [1.29, 1.82) is 0 Å². The number of aliphatic hydroxyl groups excluding tert-OH is 1. The van der Waals surface area contributed by atoms with Gasteiger partial charge < -0.3 is 10.8 Å². The summed E-state index contributed by atoms with van der Waals surface area (Å²) in [5, 5.41) is 9.08. The van der Waals surface area contributed by atoms with Crippen LogP contribution in [-0.2, 0) is 0 Å². The molecule has 3 N–H and O–H groups in total. The Kier molecular flexibility index (Phi) is 3.03. The number of hydrogen-bond acceptors (Lipinski definition) is 2. The van der Waals surface area contributed by atoms with Gasteiger partial charge in [-0.15, -0.1) is 0 Å². The van der Waals surface area contributed by atoms with Gasteiger partial charge in [0.15, 0.2) is 0 Å². The first kappa shape index (κ1) is 9.45. The number of nitrogens with two attached hydrogens (primary N) is 1. The molecule has 0 saturated carbocycles. The molecule has 0 fully saturated rings. The smallest absolute Gasteiger partial charge is 0.128 e. The maximum absolute atomic E-state index is 13.0. The Morgan fingerprint density at radius 1 is 1.58 bits per heavy atom. The minimum absolute atomic E-state index is 0.241. The normalized spacial score (nSPS) is 13.0. The number of rotatable bonds is 2. The van der Waals surface area contributed by atoms with E-state index < -0.39 is 11.9 Å². The van der Waals surface area contributed by atoms with Crippen LogP contribution in [0.25, 0.3) is 0 Å². The first-order valence-corrected chi connectivity index (χ1v) is 3.84. The number of halogens is 2. The van der Waals surface area contributed by atoms with E-state index >= 15 is 0 Å². The Balaban J connectivity index is 3.04. The molecule has 66 valence electrons. The molecule has 0 aliphatic heterocycles. The molecule has 0 heterocycles. The van der Waals surface area contributed by atoms with Gasteiger partial charge in [0, 0.05) is 10.6 Å². The van der Waals surface area contributed by atoms with Crippen molar-refractivity contribution in [2.24, 2.45) is 5.73 Å². The molecule has 0 aliphatic rings. The van der Waals surface area contributed by atoms with Crippen LogP contribution in [0.5, 0.6) is 0 Å². The van der Waals surface area contributed by atoms with Gasteiger partial charge in [0.2, 0.25) is 0 Å². The lowest BCUT2D eigenvalue weighted by atomic mass is 10.1. The molecule has 0 aromatic heterocycles. The van der Waals surface area contributed by atoms with Crippen molar-refractivity contribution in [3.05, 3.63) is 34.6 Å². The minimum atomic E-state index is -0.705. The van der Waals surface area contributed by atoms with Crippen LogP contribution in [0.15, 0.2) is 18.2 Å². The molecule has 1 aromatic rings. The largest absolute Gasteiger partial charge is 0.394 e. The number of aliphatic hydroxyl groups is 1. The monoisotopic (exact) mass is 189 g/mol. The van der Waals surface area contributed by atoms with Crippen LogP contribution in [-0.4, -0.2) is 11.7 Å². The van der Waals surface area contributed by atoms with Crippen molar-refractivity contribution in [1.82, 2.24) is 0 Å². The van der Waals surface area contributed by atoms with Crippen molar-refractivity contribution < 1.29 is 9.50 Å². The second kappa shape index (κ2) is 3.85. The van der Waals surface area contributed by atoms with Gasteiger partial charge in [-0.05, 0) is 18.2 Å². The van der Waals surface area contributed by atoms with E-state index in [1.807, 2.05) is 0 Å². The van der Waals surface area contributed by atoms with Gasteiger partial charge in [-0.2, -0.15) is 0 Å². The highest BCUT2D eigenvalue weighted by Crippen LogP contribution is 2.19. The Labute approximate surface area is 74.8 Å². The minimum Gasteiger partial charge on any atom is -0.394 e. The van der Waals surface area contributed by atoms with Crippen molar-refractivity contribution in [2.75, 3.05) is 6.61 Å². The maximum Gasteiger partial charge on any atom is 0.128 e. The SMILES string of the molecule is N[C@H](CO)c1cc(Cl)ccc1F.